The van der Waals surface area contributed by atoms with Gasteiger partial charge in [0.2, 0.25) is 0 Å². The minimum absolute atomic E-state index is 0.0634. The summed E-state index contributed by atoms with van der Waals surface area (Å²) in [6.07, 6.45) is 6.22. The van der Waals surface area contributed by atoms with Gasteiger partial charge in [0.25, 0.3) is 11.4 Å². The number of fused-ring (bicyclic) bond motifs is 5. The highest BCUT2D eigenvalue weighted by atomic mass is 16.6. The van der Waals surface area contributed by atoms with Gasteiger partial charge in [-0.3, -0.25) is 20.2 Å². The lowest BCUT2D eigenvalue weighted by atomic mass is 9.35. The van der Waals surface area contributed by atoms with Crippen LogP contribution in [0.1, 0.15) is 140 Å². The first kappa shape index (κ1) is 42.7. The number of nitrogens with zero attached hydrogens (tertiary/aromatic N) is 2. The zero-order valence-corrected chi connectivity index (χ0v) is 35.2. The van der Waals surface area contributed by atoms with Crippen LogP contribution in [0, 0.1) is 65.6 Å². The molecular weight excluding hydrogens is 728 g/mol. The number of para-hydroxylation sites is 2. The van der Waals surface area contributed by atoms with Gasteiger partial charge in [-0.05, 0) is 131 Å². The van der Waals surface area contributed by atoms with E-state index in [0.717, 1.165) is 44.9 Å². The maximum atomic E-state index is 14.1. The first-order chi connectivity index (χ1) is 26.5. The molecule has 4 aliphatic carbocycles. The van der Waals surface area contributed by atoms with E-state index >= 15 is 0 Å². The van der Waals surface area contributed by atoms with Gasteiger partial charge >= 0.3 is 11.9 Å². The summed E-state index contributed by atoms with van der Waals surface area (Å²) in [5.41, 5.74) is -3.40. The Morgan fingerprint density at radius 2 is 1.32 bits per heavy atom. The largest absolute Gasteiger partial charge is 0.458 e. The number of carbonyl (C=O) groups is 2. The molecule has 0 spiro atoms. The molecule has 6 rings (SSSR count). The third-order valence-corrected chi connectivity index (χ3v) is 16.3. The van der Waals surface area contributed by atoms with Crippen LogP contribution in [0.2, 0.25) is 0 Å². The van der Waals surface area contributed by atoms with Crippen molar-refractivity contribution in [2.75, 3.05) is 7.11 Å². The standard InChI is InChI=1S/C45H62N2O10/c1-40(2,55-9)22-14-23-45(8,50)30-19-25-44(7)37(30)33(56-38(48)28-15-10-12-17-31(28)46(51)52)27-35-42(5)24-21-36(41(3,4)34(42)20-26-43(35,44)6)57-39(49)29-16-11-13-18-32(29)47(53)54/h10-13,15-18,30,33-37,50H,14,19-27H2,1-9H3/t30-,33+,34-,35+,36-,37-,42-,43+,44+,45+/m0/s1. The second-order valence-corrected chi connectivity index (χ2v) is 19.8. The average molecular weight is 791 g/mol. The number of ether oxygens (including phenoxy) is 3. The molecule has 312 valence electrons. The number of rotatable bonds is 12. The number of nitro benzene ring substituents is 2. The molecule has 0 unspecified atom stereocenters. The van der Waals surface area contributed by atoms with Gasteiger partial charge in [0.05, 0.1) is 21.0 Å². The molecule has 4 saturated carbocycles. The molecule has 0 bridgehead atoms. The van der Waals surface area contributed by atoms with E-state index < -0.39 is 45.0 Å². The van der Waals surface area contributed by atoms with Gasteiger partial charge in [-0.25, -0.2) is 9.59 Å². The highest BCUT2D eigenvalue weighted by molar-refractivity contribution is 5.94. The Morgan fingerprint density at radius 1 is 0.772 bits per heavy atom. The zero-order valence-electron chi connectivity index (χ0n) is 35.2. The minimum atomic E-state index is -1.06. The Balaban J connectivity index is 1.35. The van der Waals surface area contributed by atoms with E-state index in [-0.39, 0.29) is 68.0 Å². The van der Waals surface area contributed by atoms with E-state index in [4.69, 9.17) is 14.2 Å². The molecule has 2 aromatic carbocycles. The van der Waals surface area contributed by atoms with Crippen LogP contribution < -0.4 is 0 Å². The summed E-state index contributed by atoms with van der Waals surface area (Å²) in [5.74, 6) is -1.61. The number of nitro groups is 2. The van der Waals surface area contributed by atoms with Crippen molar-refractivity contribution in [1.29, 1.82) is 0 Å². The van der Waals surface area contributed by atoms with Crippen molar-refractivity contribution in [2.24, 2.45) is 45.3 Å². The Bertz CT molecular complexity index is 1890. The maximum absolute atomic E-state index is 14.1. The fourth-order valence-electron chi connectivity index (χ4n) is 12.9. The van der Waals surface area contributed by atoms with Gasteiger partial charge in [0.1, 0.15) is 23.3 Å². The average Bonchev–Trinajstić information content (AvgIpc) is 3.53. The highest BCUT2D eigenvalue weighted by Crippen LogP contribution is 2.76. The topological polar surface area (TPSA) is 168 Å². The molecule has 10 atom stereocenters. The van der Waals surface area contributed by atoms with Crippen molar-refractivity contribution in [3.8, 4) is 0 Å². The van der Waals surface area contributed by atoms with E-state index in [0.29, 0.717) is 19.3 Å². The van der Waals surface area contributed by atoms with Gasteiger partial charge in [0, 0.05) is 30.6 Å². The molecule has 4 aliphatic rings. The summed E-state index contributed by atoms with van der Waals surface area (Å²) >= 11 is 0. The molecular formula is C45H62N2O10. The third-order valence-electron chi connectivity index (χ3n) is 16.3. The zero-order chi connectivity index (χ0) is 41.9. The summed E-state index contributed by atoms with van der Waals surface area (Å²) in [7, 11) is 1.70. The van der Waals surface area contributed by atoms with Crippen LogP contribution in [-0.4, -0.2) is 57.4 Å². The minimum Gasteiger partial charge on any atom is -0.458 e. The predicted octanol–water partition coefficient (Wildman–Crippen LogP) is 9.90. The van der Waals surface area contributed by atoms with E-state index in [1.807, 2.05) is 20.8 Å². The fourth-order valence-corrected chi connectivity index (χ4v) is 12.9. The van der Waals surface area contributed by atoms with Crippen molar-refractivity contribution >= 4 is 23.3 Å². The number of hydrogen-bond acceptors (Lipinski definition) is 10. The maximum Gasteiger partial charge on any atom is 0.345 e. The first-order valence-electron chi connectivity index (χ1n) is 20.7. The van der Waals surface area contributed by atoms with Crippen molar-refractivity contribution < 1.29 is 38.8 Å². The van der Waals surface area contributed by atoms with Crippen LogP contribution in [0.25, 0.3) is 0 Å². The molecule has 2 aromatic rings. The Morgan fingerprint density at radius 3 is 1.88 bits per heavy atom. The van der Waals surface area contributed by atoms with Crippen LogP contribution in [0.3, 0.4) is 0 Å². The lowest BCUT2D eigenvalue weighted by Gasteiger charge is -2.70. The monoisotopic (exact) mass is 790 g/mol. The van der Waals surface area contributed by atoms with E-state index in [1.54, 1.807) is 19.2 Å². The van der Waals surface area contributed by atoms with Gasteiger partial charge in [-0.1, -0.05) is 58.9 Å². The number of hydrogen-bond donors (Lipinski definition) is 1. The van der Waals surface area contributed by atoms with Gasteiger partial charge in [0.15, 0.2) is 0 Å². The summed E-state index contributed by atoms with van der Waals surface area (Å²) in [5, 5.41) is 36.2. The second kappa shape index (κ2) is 15.0. The van der Waals surface area contributed by atoms with Gasteiger partial charge in [-0.15, -0.1) is 0 Å². The molecule has 0 saturated heterocycles. The van der Waals surface area contributed by atoms with Crippen LogP contribution >= 0.6 is 0 Å². The summed E-state index contributed by atoms with van der Waals surface area (Å²) in [6, 6.07) is 11.8. The van der Waals surface area contributed by atoms with Gasteiger partial charge < -0.3 is 19.3 Å². The predicted molar refractivity (Wildman–Crippen MR) is 215 cm³/mol. The number of methoxy groups -OCH3 is 1. The van der Waals surface area contributed by atoms with Crippen molar-refractivity contribution in [3.63, 3.8) is 0 Å². The first-order valence-corrected chi connectivity index (χ1v) is 20.7. The Hall–Kier alpha value is -3.90. The Labute approximate surface area is 336 Å². The number of carbonyl (C=O) groups excluding carboxylic acids is 2. The van der Waals surface area contributed by atoms with Crippen molar-refractivity contribution in [1.82, 2.24) is 0 Å². The molecule has 0 heterocycles. The number of esters is 2. The van der Waals surface area contributed by atoms with Crippen LogP contribution in [-0.2, 0) is 14.2 Å². The SMILES string of the molecule is COC(C)(C)CCC[C@@](C)(O)[C@H]1CC[C@]2(C)[C@@H]1[C@H](OC(=O)c1ccccc1[N+](=O)[O-])C[C@@H]1[C@@]3(C)CC[C@H](OC(=O)c4ccccc4[N+](=O)[O-])C(C)(C)[C@@H]3CC[C@]12C. The second-order valence-electron chi connectivity index (χ2n) is 19.8. The lowest BCUT2D eigenvalue weighted by Crippen LogP contribution is -2.67. The molecule has 0 radical (unpaired) electrons. The number of aliphatic hydroxyl groups is 1. The van der Waals surface area contributed by atoms with Crippen LogP contribution in [0.15, 0.2) is 48.5 Å². The third kappa shape index (κ3) is 7.27. The van der Waals surface area contributed by atoms with E-state index in [2.05, 4.69) is 34.6 Å². The molecule has 0 aromatic heterocycles. The number of benzene rings is 2. The summed E-state index contributed by atoms with van der Waals surface area (Å²) in [4.78, 5) is 50.3. The summed E-state index contributed by atoms with van der Waals surface area (Å²) in [6.45, 7) is 17.4. The fraction of sp³-hybridized carbons (Fsp3) is 0.689. The highest BCUT2D eigenvalue weighted by Gasteiger charge is 2.72. The lowest BCUT2D eigenvalue weighted by molar-refractivity contribution is -0.385. The molecule has 0 amide bonds. The van der Waals surface area contributed by atoms with Crippen molar-refractivity contribution in [2.45, 2.75) is 143 Å². The molecule has 1 N–H and O–H groups in total. The quantitative estimate of drug-likeness (QED) is 0.124. The smallest absolute Gasteiger partial charge is 0.345 e. The molecule has 57 heavy (non-hydrogen) atoms. The van der Waals surface area contributed by atoms with Gasteiger partial charge in [-0.2, -0.15) is 0 Å². The molecule has 12 heteroatoms. The van der Waals surface area contributed by atoms with Crippen LogP contribution in [0.4, 0.5) is 11.4 Å². The normalized spacial score (nSPS) is 34.1. The van der Waals surface area contributed by atoms with Crippen molar-refractivity contribution in [3.05, 3.63) is 79.9 Å². The molecule has 12 nitrogen and oxygen atoms in total. The van der Waals surface area contributed by atoms with Crippen LogP contribution in [0.5, 0.6) is 0 Å². The van der Waals surface area contributed by atoms with E-state index in [9.17, 15) is 34.9 Å². The summed E-state index contributed by atoms with van der Waals surface area (Å²) < 4.78 is 18.4. The Kier molecular flexibility index (Phi) is 11.3. The van der Waals surface area contributed by atoms with E-state index in [1.165, 1.54) is 36.4 Å². The molecule has 4 fully saturated rings. The molecule has 0 aliphatic heterocycles.